The van der Waals surface area contributed by atoms with Crippen LogP contribution in [-0.2, 0) is 12.4 Å². The van der Waals surface area contributed by atoms with Gasteiger partial charge < -0.3 is 9.52 Å². The third-order valence-electron chi connectivity index (χ3n) is 2.84. The SMILES string of the molecule is OCc1ccc(CSc2nc3ccccc3o2)cc1. The van der Waals surface area contributed by atoms with Gasteiger partial charge >= 0.3 is 0 Å². The van der Waals surface area contributed by atoms with Crippen molar-refractivity contribution in [3.05, 3.63) is 59.7 Å². The molecule has 0 bridgehead atoms. The van der Waals surface area contributed by atoms with Gasteiger partial charge in [0.15, 0.2) is 5.58 Å². The molecule has 0 aliphatic rings. The van der Waals surface area contributed by atoms with Crippen molar-refractivity contribution in [1.82, 2.24) is 4.98 Å². The second kappa shape index (κ2) is 5.47. The maximum absolute atomic E-state index is 8.99. The molecule has 1 heterocycles. The molecule has 0 aliphatic heterocycles. The summed E-state index contributed by atoms with van der Waals surface area (Å²) in [6, 6.07) is 15.6. The van der Waals surface area contributed by atoms with Crippen molar-refractivity contribution in [3.63, 3.8) is 0 Å². The third-order valence-corrected chi connectivity index (χ3v) is 3.74. The van der Waals surface area contributed by atoms with E-state index in [0.717, 1.165) is 22.4 Å². The van der Waals surface area contributed by atoms with Gasteiger partial charge in [0.25, 0.3) is 5.22 Å². The predicted octanol–water partition coefficient (Wildman–Crippen LogP) is 3.61. The first-order chi connectivity index (χ1) is 9.35. The van der Waals surface area contributed by atoms with E-state index in [4.69, 9.17) is 9.52 Å². The molecule has 0 saturated carbocycles. The lowest BCUT2D eigenvalue weighted by Gasteiger charge is -2.00. The zero-order valence-corrected chi connectivity index (χ0v) is 11.1. The van der Waals surface area contributed by atoms with E-state index in [-0.39, 0.29) is 6.61 Å². The molecule has 19 heavy (non-hydrogen) atoms. The maximum atomic E-state index is 8.99. The van der Waals surface area contributed by atoms with Gasteiger partial charge in [-0.3, -0.25) is 0 Å². The molecule has 3 rings (SSSR count). The number of aliphatic hydroxyl groups excluding tert-OH is 1. The first-order valence-electron chi connectivity index (χ1n) is 6.02. The highest BCUT2D eigenvalue weighted by molar-refractivity contribution is 7.98. The van der Waals surface area contributed by atoms with E-state index in [9.17, 15) is 0 Å². The molecule has 0 amide bonds. The highest BCUT2D eigenvalue weighted by atomic mass is 32.2. The second-order valence-corrected chi connectivity index (χ2v) is 5.14. The number of benzene rings is 2. The normalized spacial score (nSPS) is 11.0. The number of hydrogen-bond donors (Lipinski definition) is 1. The average Bonchev–Trinajstić information content (AvgIpc) is 2.88. The molecular weight excluding hydrogens is 258 g/mol. The smallest absolute Gasteiger partial charge is 0.257 e. The van der Waals surface area contributed by atoms with E-state index in [2.05, 4.69) is 4.98 Å². The van der Waals surface area contributed by atoms with Crippen LogP contribution in [0, 0.1) is 0 Å². The summed E-state index contributed by atoms with van der Waals surface area (Å²) >= 11 is 1.57. The van der Waals surface area contributed by atoms with Crippen LogP contribution in [0.1, 0.15) is 11.1 Å². The predicted molar refractivity (Wildman–Crippen MR) is 75.9 cm³/mol. The maximum Gasteiger partial charge on any atom is 0.257 e. The fourth-order valence-corrected chi connectivity index (χ4v) is 2.59. The van der Waals surface area contributed by atoms with Gasteiger partial charge in [0.05, 0.1) is 6.61 Å². The Hall–Kier alpha value is -1.78. The van der Waals surface area contributed by atoms with Gasteiger partial charge in [0.2, 0.25) is 0 Å². The number of aromatic nitrogens is 1. The number of thioether (sulfide) groups is 1. The summed E-state index contributed by atoms with van der Waals surface area (Å²) in [6.45, 7) is 0.0819. The van der Waals surface area contributed by atoms with Crippen LogP contribution in [0.5, 0.6) is 0 Å². The fourth-order valence-electron chi connectivity index (χ4n) is 1.80. The van der Waals surface area contributed by atoms with Crippen LogP contribution in [-0.4, -0.2) is 10.1 Å². The topological polar surface area (TPSA) is 46.3 Å². The number of nitrogens with zero attached hydrogens (tertiary/aromatic N) is 1. The number of para-hydroxylation sites is 2. The van der Waals surface area contributed by atoms with Crippen molar-refractivity contribution >= 4 is 22.9 Å². The van der Waals surface area contributed by atoms with Crippen LogP contribution in [0.3, 0.4) is 0 Å². The lowest BCUT2D eigenvalue weighted by molar-refractivity contribution is 0.282. The minimum absolute atomic E-state index is 0.0819. The van der Waals surface area contributed by atoms with Crippen LogP contribution in [0.15, 0.2) is 58.2 Å². The largest absolute Gasteiger partial charge is 0.431 e. The Bertz CT molecular complexity index is 643. The summed E-state index contributed by atoms with van der Waals surface area (Å²) in [4.78, 5) is 4.42. The first kappa shape index (κ1) is 12.3. The summed E-state index contributed by atoms with van der Waals surface area (Å²) < 4.78 is 5.65. The Morgan fingerprint density at radius 3 is 2.47 bits per heavy atom. The molecule has 1 aromatic heterocycles. The van der Waals surface area contributed by atoms with Gasteiger partial charge in [0.1, 0.15) is 5.52 Å². The molecule has 0 saturated heterocycles. The van der Waals surface area contributed by atoms with Gasteiger partial charge in [-0.25, -0.2) is 4.98 Å². The molecule has 0 aliphatic carbocycles. The van der Waals surface area contributed by atoms with Crippen molar-refractivity contribution in [2.75, 3.05) is 0 Å². The number of aliphatic hydroxyl groups is 1. The molecule has 1 N–H and O–H groups in total. The van der Waals surface area contributed by atoms with Gasteiger partial charge in [-0.15, -0.1) is 0 Å². The molecular formula is C15H13NO2S. The standard InChI is InChI=1S/C15H13NO2S/c17-9-11-5-7-12(8-6-11)10-19-15-16-13-3-1-2-4-14(13)18-15/h1-8,17H,9-10H2. The molecule has 96 valence electrons. The van der Waals surface area contributed by atoms with Crippen molar-refractivity contribution in [2.45, 2.75) is 17.6 Å². The van der Waals surface area contributed by atoms with Crippen LogP contribution in [0.25, 0.3) is 11.1 Å². The van der Waals surface area contributed by atoms with Crippen molar-refractivity contribution in [2.24, 2.45) is 0 Å². The first-order valence-corrected chi connectivity index (χ1v) is 7.01. The number of rotatable bonds is 4. The highest BCUT2D eigenvalue weighted by Crippen LogP contribution is 2.26. The molecule has 0 atom stereocenters. The minimum atomic E-state index is 0.0819. The Labute approximate surface area is 115 Å². The molecule has 0 radical (unpaired) electrons. The van der Waals surface area contributed by atoms with Crippen LogP contribution in [0.2, 0.25) is 0 Å². The summed E-state index contributed by atoms with van der Waals surface area (Å²) in [5.74, 6) is 0.804. The summed E-state index contributed by atoms with van der Waals surface area (Å²) in [6.07, 6.45) is 0. The van der Waals surface area contributed by atoms with E-state index in [0.29, 0.717) is 5.22 Å². The van der Waals surface area contributed by atoms with E-state index in [1.165, 1.54) is 5.56 Å². The van der Waals surface area contributed by atoms with Crippen molar-refractivity contribution < 1.29 is 9.52 Å². The third kappa shape index (κ3) is 2.80. The molecule has 2 aromatic carbocycles. The summed E-state index contributed by atoms with van der Waals surface area (Å²) in [7, 11) is 0. The number of hydrogen-bond acceptors (Lipinski definition) is 4. The average molecular weight is 271 g/mol. The van der Waals surface area contributed by atoms with Gasteiger partial charge in [0, 0.05) is 5.75 Å². The van der Waals surface area contributed by atoms with E-state index in [1.54, 1.807) is 11.8 Å². The molecule has 0 unspecified atom stereocenters. The van der Waals surface area contributed by atoms with Crippen molar-refractivity contribution in [1.29, 1.82) is 0 Å². The lowest BCUT2D eigenvalue weighted by Crippen LogP contribution is -1.85. The van der Waals surface area contributed by atoms with Crippen molar-refractivity contribution in [3.8, 4) is 0 Å². The minimum Gasteiger partial charge on any atom is -0.431 e. The fraction of sp³-hybridized carbons (Fsp3) is 0.133. The van der Waals surface area contributed by atoms with Gasteiger partial charge in [-0.05, 0) is 23.3 Å². The van der Waals surface area contributed by atoms with Crippen LogP contribution >= 0.6 is 11.8 Å². The zero-order chi connectivity index (χ0) is 13.1. The lowest BCUT2D eigenvalue weighted by atomic mass is 10.2. The van der Waals surface area contributed by atoms with Crippen LogP contribution in [0.4, 0.5) is 0 Å². The summed E-state index contributed by atoms with van der Waals surface area (Å²) in [5.41, 5.74) is 3.82. The quantitative estimate of drug-likeness (QED) is 0.736. The zero-order valence-electron chi connectivity index (χ0n) is 10.2. The number of oxazole rings is 1. The van der Waals surface area contributed by atoms with E-state index < -0.39 is 0 Å². The van der Waals surface area contributed by atoms with Gasteiger partial charge in [-0.2, -0.15) is 0 Å². The molecule has 0 fully saturated rings. The highest BCUT2D eigenvalue weighted by Gasteiger charge is 2.05. The molecule has 4 heteroatoms. The summed E-state index contributed by atoms with van der Waals surface area (Å²) in [5, 5.41) is 9.67. The molecule has 3 nitrogen and oxygen atoms in total. The van der Waals surface area contributed by atoms with Gasteiger partial charge in [-0.1, -0.05) is 48.2 Å². The number of fused-ring (bicyclic) bond motifs is 1. The second-order valence-electron chi connectivity index (χ2n) is 4.21. The molecule has 3 aromatic rings. The monoisotopic (exact) mass is 271 g/mol. The Balaban J connectivity index is 1.70. The van der Waals surface area contributed by atoms with E-state index >= 15 is 0 Å². The Kier molecular flexibility index (Phi) is 3.53. The Morgan fingerprint density at radius 2 is 1.74 bits per heavy atom. The molecule has 0 spiro atoms. The van der Waals surface area contributed by atoms with Crippen LogP contribution < -0.4 is 0 Å². The van der Waals surface area contributed by atoms with E-state index in [1.807, 2.05) is 48.5 Å². The Morgan fingerprint density at radius 1 is 1.00 bits per heavy atom.